The fourth-order valence-corrected chi connectivity index (χ4v) is 3.13. The van der Waals surface area contributed by atoms with Crippen molar-refractivity contribution in [3.63, 3.8) is 0 Å². The maximum Gasteiger partial charge on any atom is 0.498 e. The SMILES string of the molecule is CC1(C)OB(c2cnc(OC[C@@H]3CCN(CCN)C3)nc2)OC1(C)C. The smallest absolute Gasteiger partial charge is 0.463 e. The van der Waals surface area contributed by atoms with Crippen LogP contribution in [0, 0.1) is 5.92 Å². The average Bonchev–Trinajstić information content (AvgIpc) is 3.08. The molecule has 2 saturated heterocycles. The summed E-state index contributed by atoms with van der Waals surface area (Å²) in [5.41, 5.74) is 5.67. The lowest BCUT2D eigenvalue weighted by atomic mass is 9.81. The second-order valence-corrected chi connectivity index (χ2v) is 7.94. The van der Waals surface area contributed by atoms with Crippen molar-refractivity contribution in [3.8, 4) is 6.01 Å². The number of rotatable bonds is 6. The lowest BCUT2D eigenvalue weighted by Crippen LogP contribution is -2.41. The van der Waals surface area contributed by atoms with Crippen LogP contribution in [-0.4, -0.2) is 66.0 Å². The van der Waals surface area contributed by atoms with Crippen LogP contribution in [0.3, 0.4) is 0 Å². The van der Waals surface area contributed by atoms with Crippen LogP contribution >= 0.6 is 0 Å². The van der Waals surface area contributed by atoms with E-state index >= 15 is 0 Å². The number of nitrogens with two attached hydrogens (primary N) is 1. The molecule has 0 saturated carbocycles. The molecular formula is C17H29BN4O3. The molecule has 3 rings (SSSR count). The Kier molecular flexibility index (Phi) is 5.34. The standard InChI is InChI=1S/C17H29BN4O3/c1-16(2)17(3,4)25-18(24-16)14-9-20-15(21-10-14)23-12-13-5-7-22(11-13)8-6-19/h9-10,13H,5-8,11-12,19H2,1-4H3/t13-/m1/s1. The Hall–Kier alpha value is -1.22. The van der Waals surface area contributed by atoms with Crippen LogP contribution in [-0.2, 0) is 9.31 Å². The second-order valence-electron chi connectivity index (χ2n) is 7.94. The van der Waals surface area contributed by atoms with Gasteiger partial charge >= 0.3 is 13.1 Å². The molecule has 0 spiro atoms. The van der Waals surface area contributed by atoms with Crippen molar-refractivity contribution in [3.05, 3.63) is 12.4 Å². The summed E-state index contributed by atoms with van der Waals surface area (Å²) in [5, 5.41) is 0. The van der Waals surface area contributed by atoms with Crippen LogP contribution in [0.15, 0.2) is 12.4 Å². The van der Waals surface area contributed by atoms with E-state index in [-0.39, 0.29) is 11.2 Å². The normalized spacial score (nSPS) is 25.5. The molecule has 3 heterocycles. The Morgan fingerprint density at radius 1 is 1.24 bits per heavy atom. The van der Waals surface area contributed by atoms with E-state index in [0.717, 1.165) is 31.5 Å². The summed E-state index contributed by atoms with van der Waals surface area (Å²) in [6.07, 6.45) is 4.58. The Morgan fingerprint density at radius 3 is 2.48 bits per heavy atom. The topological polar surface area (TPSA) is 82.7 Å². The van der Waals surface area contributed by atoms with Crippen LogP contribution in [0.1, 0.15) is 34.1 Å². The number of nitrogens with zero attached hydrogens (tertiary/aromatic N) is 3. The van der Waals surface area contributed by atoms with E-state index in [1.54, 1.807) is 12.4 Å². The first-order valence-electron chi connectivity index (χ1n) is 9.03. The third kappa shape index (κ3) is 4.14. The molecule has 138 valence electrons. The minimum atomic E-state index is -0.446. The van der Waals surface area contributed by atoms with Crippen LogP contribution in [0.5, 0.6) is 6.01 Å². The van der Waals surface area contributed by atoms with Gasteiger partial charge in [-0.15, -0.1) is 0 Å². The first-order chi connectivity index (χ1) is 11.8. The van der Waals surface area contributed by atoms with Gasteiger partial charge in [-0.05, 0) is 40.7 Å². The molecule has 1 atom stereocenters. The zero-order chi connectivity index (χ0) is 18.1. The molecule has 1 aromatic heterocycles. The maximum atomic E-state index is 6.01. The van der Waals surface area contributed by atoms with Crippen LogP contribution in [0.2, 0.25) is 0 Å². The van der Waals surface area contributed by atoms with E-state index in [4.69, 9.17) is 19.8 Å². The van der Waals surface area contributed by atoms with Crippen LogP contribution in [0.25, 0.3) is 0 Å². The van der Waals surface area contributed by atoms with Crippen molar-refractivity contribution in [2.75, 3.05) is 32.8 Å². The summed E-state index contributed by atoms with van der Waals surface area (Å²) in [6.45, 7) is 12.5. The fraction of sp³-hybridized carbons (Fsp3) is 0.765. The molecule has 2 aliphatic rings. The Bertz CT molecular complexity index is 566. The van der Waals surface area contributed by atoms with E-state index in [1.165, 1.54) is 0 Å². The van der Waals surface area contributed by atoms with Crippen molar-refractivity contribution in [1.29, 1.82) is 0 Å². The van der Waals surface area contributed by atoms with Gasteiger partial charge in [0.05, 0.1) is 17.8 Å². The Morgan fingerprint density at radius 2 is 1.88 bits per heavy atom. The highest BCUT2D eigenvalue weighted by atomic mass is 16.7. The largest absolute Gasteiger partial charge is 0.498 e. The van der Waals surface area contributed by atoms with Crippen molar-refractivity contribution in [2.24, 2.45) is 11.7 Å². The molecular weight excluding hydrogens is 319 g/mol. The molecule has 0 aromatic carbocycles. The van der Waals surface area contributed by atoms with Crippen LogP contribution in [0.4, 0.5) is 0 Å². The minimum Gasteiger partial charge on any atom is -0.463 e. The molecule has 1 aromatic rings. The predicted octanol–water partition coefficient (Wildman–Crippen LogP) is 0.435. The first kappa shape index (κ1) is 18.6. The van der Waals surface area contributed by atoms with Gasteiger partial charge < -0.3 is 24.7 Å². The third-order valence-electron chi connectivity index (χ3n) is 5.44. The van der Waals surface area contributed by atoms with Gasteiger partial charge in [0.1, 0.15) is 0 Å². The van der Waals surface area contributed by atoms with Crippen molar-refractivity contribution >= 4 is 12.6 Å². The molecule has 2 aliphatic heterocycles. The summed E-state index contributed by atoms with van der Waals surface area (Å²) in [5.74, 6) is 0.512. The highest BCUT2D eigenvalue weighted by molar-refractivity contribution is 6.61. The molecule has 25 heavy (non-hydrogen) atoms. The summed E-state index contributed by atoms with van der Waals surface area (Å²) in [4.78, 5) is 11.0. The van der Waals surface area contributed by atoms with Gasteiger partial charge in [-0.1, -0.05) is 0 Å². The Balaban J connectivity index is 1.52. The van der Waals surface area contributed by atoms with Gasteiger partial charge in [-0.2, -0.15) is 0 Å². The van der Waals surface area contributed by atoms with E-state index in [9.17, 15) is 0 Å². The summed E-state index contributed by atoms with van der Waals surface area (Å²) in [6, 6.07) is 0.401. The molecule has 0 amide bonds. The molecule has 0 aliphatic carbocycles. The zero-order valence-corrected chi connectivity index (χ0v) is 15.7. The number of likely N-dealkylation sites (tertiary alicyclic amines) is 1. The number of hydrogen-bond acceptors (Lipinski definition) is 7. The zero-order valence-electron chi connectivity index (χ0n) is 15.7. The van der Waals surface area contributed by atoms with Crippen LogP contribution < -0.4 is 15.9 Å². The van der Waals surface area contributed by atoms with Gasteiger partial charge in [0, 0.05) is 43.4 Å². The van der Waals surface area contributed by atoms with Gasteiger partial charge in [-0.25, -0.2) is 9.97 Å². The lowest BCUT2D eigenvalue weighted by molar-refractivity contribution is 0.00578. The Labute approximate surface area is 150 Å². The van der Waals surface area contributed by atoms with E-state index in [1.807, 2.05) is 27.7 Å². The van der Waals surface area contributed by atoms with E-state index < -0.39 is 7.12 Å². The summed E-state index contributed by atoms with van der Waals surface area (Å²) < 4.78 is 17.8. The molecule has 7 nitrogen and oxygen atoms in total. The molecule has 0 radical (unpaired) electrons. The maximum absolute atomic E-state index is 6.01. The van der Waals surface area contributed by atoms with Gasteiger partial charge in [0.15, 0.2) is 0 Å². The molecule has 2 fully saturated rings. The quantitative estimate of drug-likeness (QED) is 0.747. The van der Waals surface area contributed by atoms with Gasteiger partial charge in [0.2, 0.25) is 0 Å². The molecule has 0 bridgehead atoms. The highest BCUT2D eigenvalue weighted by Gasteiger charge is 2.51. The minimum absolute atomic E-state index is 0.370. The van der Waals surface area contributed by atoms with Crippen molar-refractivity contribution in [1.82, 2.24) is 14.9 Å². The van der Waals surface area contributed by atoms with E-state index in [0.29, 0.717) is 25.1 Å². The molecule has 8 heteroatoms. The van der Waals surface area contributed by atoms with Crippen molar-refractivity contribution < 1.29 is 14.0 Å². The summed E-state index contributed by atoms with van der Waals surface area (Å²) >= 11 is 0. The number of hydrogen-bond donors (Lipinski definition) is 1. The predicted molar refractivity (Wildman–Crippen MR) is 96.8 cm³/mol. The molecule has 0 unspecified atom stereocenters. The fourth-order valence-electron chi connectivity index (χ4n) is 3.13. The monoisotopic (exact) mass is 348 g/mol. The third-order valence-corrected chi connectivity index (χ3v) is 5.44. The number of ether oxygens (including phenoxy) is 1. The van der Waals surface area contributed by atoms with E-state index in [2.05, 4.69) is 14.9 Å². The lowest BCUT2D eigenvalue weighted by Gasteiger charge is -2.32. The molecule has 2 N–H and O–H groups in total. The summed E-state index contributed by atoms with van der Waals surface area (Å²) in [7, 11) is -0.446. The number of aromatic nitrogens is 2. The van der Waals surface area contributed by atoms with Gasteiger partial charge in [-0.3, -0.25) is 0 Å². The first-order valence-corrected chi connectivity index (χ1v) is 9.03. The highest BCUT2D eigenvalue weighted by Crippen LogP contribution is 2.36. The average molecular weight is 348 g/mol. The van der Waals surface area contributed by atoms with Gasteiger partial charge in [0.25, 0.3) is 0 Å². The second kappa shape index (κ2) is 7.19. The van der Waals surface area contributed by atoms with Crippen molar-refractivity contribution in [2.45, 2.75) is 45.3 Å².